The highest BCUT2D eigenvalue weighted by atomic mass is 79.9. The van der Waals surface area contributed by atoms with Gasteiger partial charge in [0.05, 0.1) is 4.47 Å². The maximum absolute atomic E-state index is 10.3. The van der Waals surface area contributed by atoms with Gasteiger partial charge >= 0.3 is 0 Å². The smallest absolute Gasteiger partial charge is 0.133 e. The molecule has 0 heterocycles. The summed E-state index contributed by atoms with van der Waals surface area (Å²) in [6.45, 7) is 2.69. The second-order valence-corrected chi connectivity index (χ2v) is 5.99. The summed E-state index contributed by atoms with van der Waals surface area (Å²) < 4.78 is 0.775. The lowest BCUT2D eigenvalue weighted by Crippen LogP contribution is -2.37. The molecule has 1 aliphatic carbocycles. The molecule has 17 heavy (non-hydrogen) atoms. The lowest BCUT2D eigenvalue weighted by Gasteiger charge is -2.38. The summed E-state index contributed by atoms with van der Waals surface area (Å²) in [7, 11) is 0. The zero-order chi connectivity index (χ0) is 12.5. The summed E-state index contributed by atoms with van der Waals surface area (Å²) in [5.41, 5.74) is 8.23. The largest absolute Gasteiger partial charge is 0.506 e. The molecular formula is C14H20BrNO. The Labute approximate surface area is 111 Å². The van der Waals surface area contributed by atoms with Crippen molar-refractivity contribution >= 4 is 15.9 Å². The molecule has 0 bridgehead atoms. The highest BCUT2D eigenvalue weighted by molar-refractivity contribution is 9.10. The van der Waals surface area contributed by atoms with Gasteiger partial charge in [-0.2, -0.15) is 0 Å². The van der Waals surface area contributed by atoms with E-state index in [0.29, 0.717) is 12.3 Å². The minimum atomic E-state index is -0.0177. The molecule has 94 valence electrons. The number of hydrogen-bond acceptors (Lipinski definition) is 2. The molecule has 3 heteroatoms. The van der Waals surface area contributed by atoms with Crippen LogP contribution in [0.3, 0.4) is 0 Å². The summed E-state index contributed by atoms with van der Waals surface area (Å²) in [5, 5.41) is 10.3. The van der Waals surface area contributed by atoms with E-state index in [4.69, 9.17) is 5.73 Å². The van der Waals surface area contributed by atoms with Gasteiger partial charge in [-0.15, -0.1) is 0 Å². The monoisotopic (exact) mass is 297 g/mol. The molecule has 0 aliphatic heterocycles. The second kappa shape index (κ2) is 4.99. The van der Waals surface area contributed by atoms with Crippen molar-refractivity contribution in [1.29, 1.82) is 0 Å². The molecule has 0 radical (unpaired) electrons. The summed E-state index contributed by atoms with van der Waals surface area (Å²) in [6.07, 6.45) is 5.89. The Bertz CT molecular complexity index is 411. The van der Waals surface area contributed by atoms with E-state index >= 15 is 0 Å². The van der Waals surface area contributed by atoms with E-state index in [0.717, 1.165) is 28.4 Å². The third-order valence-corrected chi connectivity index (χ3v) is 4.71. The van der Waals surface area contributed by atoms with Crippen LogP contribution >= 0.6 is 15.9 Å². The van der Waals surface area contributed by atoms with Crippen LogP contribution in [0.2, 0.25) is 0 Å². The van der Waals surface area contributed by atoms with Crippen LogP contribution in [-0.2, 0) is 5.41 Å². The van der Waals surface area contributed by atoms with E-state index in [1.165, 1.54) is 19.3 Å². The van der Waals surface area contributed by atoms with Gasteiger partial charge in [-0.1, -0.05) is 25.3 Å². The van der Waals surface area contributed by atoms with E-state index in [-0.39, 0.29) is 5.41 Å². The Kier molecular flexibility index (Phi) is 3.79. The number of phenols is 1. The van der Waals surface area contributed by atoms with Crippen molar-refractivity contribution in [3.8, 4) is 5.75 Å². The predicted molar refractivity (Wildman–Crippen MR) is 74.4 cm³/mol. The summed E-state index contributed by atoms with van der Waals surface area (Å²) in [5.74, 6) is 0.386. The predicted octanol–water partition coefficient (Wildman–Crippen LogP) is 3.62. The number of halogens is 1. The molecule has 1 aromatic rings. The molecule has 2 nitrogen and oxygen atoms in total. The standard InChI is InChI=1S/C14H20BrNO/c1-10-5-6-11(15)13(17)12(10)14(9-16)7-3-2-4-8-14/h5-6,17H,2-4,7-9,16H2,1H3. The van der Waals surface area contributed by atoms with Crippen LogP contribution in [0.25, 0.3) is 0 Å². The van der Waals surface area contributed by atoms with Crippen molar-refractivity contribution in [3.05, 3.63) is 27.7 Å². The average molecular weight is 298 g/mol. The van der Waals surface area contributed by atoms with Crippen molar-refractivity contribution in [2.24, 2.45) is 5.73 Å². The Hall–Kier alpha value is -0.540. The quantitative estimate of drug-likeness (QED) is 0.876. The lowest BCUT2D eigenvalue weighted by molar-refractivity contribution is 0.289. The zero-order valence-corrected chi connectivity index (χ0v) is 11.9. The molecule has 0 saturated heterocycles. The van der Waals surface area contributed by atoms with Gasteiger partial charge in [0, 0.05) is 17.5 Å². The Morgan fingerprint density at radius 1 is 1.29 bits per heavy atom. The molecular weight excluding hydrogens is 278 g/mol. The Morgan fingerprint density at radius 2 is 1.94 bits per heavy atom. The summed E-state index contributed by atoms with van der Waals surface area (Å²) in [6, 6.07) is 3.96. The molecule has 0 aromatic heterocycles. The molecule has 0 unspecified atom stereocenters. The first-order valence-electron chi connectivity index (χ1n) is 6.29. The maximum Gasteiger partial charge on any atom is 0.133 e. The van der Waals surface area contributed by atoms with Gasteiger partial charge in [-0.05, 0) is 47.3 Å². The number of nitrogens with two attached hydrogens (primary N) is 1. The normalized spacial score (nSPS) is 19.2. The number of aryl methyl sites for hydroxylation is 1. The third kappa shape index (κ3) is 2.23. The Balaban J connectivity index is 2.53. The van der Waals surface area contributed by atoms with Crippen molar-refractivity contribution in [2.75, 3.05) is 6.54 Å². The van der Waals surface area contributed by atoms with E-state index in [1.54, 1.807) is 0 Å². The number of hydrogen-bond donors (Lipinski definition) is 2. The van der Waals surface area contributed by atoms with Crippen LogP contribution < -0.4 is 5.73 Å². The van der Waals surface area contributed by atoms with Crippen LogP contribution in [0.5, 0.6) is 5.75 Å². The Morgan fingerprint density at radius 3 is 2.53 bits per heavy atom. The molecule has 0 spiro atoms. The molecule has 0 amide bonds. The van der Waals surface area contributed by atoms with Crippen molar-refractivity contribution in [1.82, 2.24) is 0 Å². The first kappa shape index (κ1) is 12.9. The molecule has 2 rings (SSSR count). The van der Waals surface area contributed by atoms with Gasteiger partial charge in [0.25, 0.3) is 0 Å². The fourth-order valence-corrected chi connectivity index (χ4v) is 3.45. The minimum Gasteiger partial charge on any atom is -0.506 e. The minimum absolute atomic E-state index is 0.0177. The van der Waals surface area contributed by atoms with Gasteiger partial charge in [-0.3, -0.25) is 0 Å². The van der Waals surface area contributed by atoms with Gasteiger partial charge in [0.15, 0.2) is 0 Å². The summed E-state index contributed by atoms with van der Waals surface area (Å²) >= 11 is 3.41. The highest BCUT2D eigenvalue weighted by Gasteiger charge is 2.36. The van der Waals surface area contributed by atoms with Gasteiger partial charge in [0.2, 0.25) is 0 Å². The zero-order valence-electron chi connectivity index (χ0n) is 10.3. The molecule has 3 N–H and O–H groups in total. The van der Waals surface area contributed by atoms with E-state index < -0.39 is 0 Å². The van der Waals surface area contributed by atoms with Gasteiger partial charge in [0.1, 0.15) is 5.75 Å². The second-order valence-electron chi connectivity index (χ2n) is 5.13. The van der Waals surface area contributed by atoms with Crippen molar-refractivity contribution in [3.63, 3.8) is 0 Å². The van der Waals surface area contributed by atoms with Crippen LogP contribution in [0, 0.1) is 6.92 Å². The first-order valence-corrected chi connectivity index (χ1v) is 7.09. The van der Waals surface area contributed by atoms with Gasteiger partial charge < -0.3 is 10.8 Å². The average Bonchev–Trinajstić information content (AvgIpc) is 2.35. The highest BCUT2D eigenvalue weighted by Crippen LogP contribution is 2.45. The first-order chi connectivity index (χ1) is 8.10. The summed E-state index contributed by atoms with van der Waals surface area (Å²) in [4.78, 5) is 0. The van der Waals surface area contributed by atoms with E-state index in [2.05, 4.69) is 28.9 Å². The fraction of sp³-hybridized carbons (Fsp3) is 0.571. The molecule has 1 saturated carbocycles. The SMILES string of the molecule is Cc1ccc(Br)c(O)c1C1(CN)CCCCC1. The topological polar surface area (TPSA) is 46.2 Å². The number of rotatable bonds is 2. The number of phenolic OH excluding ortho intramolecular Hbond substituents is 1. The lowest BCUT2D eigenvalue weighted by atomic mass is 9.68. The van der Waals surface area contributed by atoms with Crippen LogP contribution in [0.1, 0.15) is 43.2 Å². The van der Waals surface area contributed by atoms with Crippen LogP contribution in [0.4, 0.5) is 0 Å². The molecule has 0 atom stereocenters. The van der Waals surface area contributed by atoms with Crippen molar-refractivity contribution < 1.29 is 5.11 Å². The van der Waals surface area contributed by atoms with Crippen LogP contribution in [0.15, 0.2) is 16.6 Å². The third-order valence-electron chi connectivity index (χ3n) is 4.07. The van der Waals surface area contributed by atoms with E-state index in [9.17, 15) is 5.11 Å². The van der Waals surface area contributed by atoms with E-state index in [1.807, 2.05) is 6.07 Å². The van der Waals surface area contributed by atoms with Crippen molar-refractivity contribution in [2.45, 2.75) is 44.4 Å². The number of benzene rings is 1. The number of aromatic hydroxyl groups is 1. The molecule has 1 aliphatic rings. The van der Waals surface area contributed by atoms with Crippen LogP contribution in [-0.4, -0.2) is 11.7 Å². The van der Waals surface area contributed by atoms with Gasteiger partial charge in [-0.25, -0.2) is 0 Å². The molecule has 1 fully saturated rings. The fourth-order valence-electron chi connectivity index (χ4n) is 3.12. The maximum atomic E-state index is 10.3. The molecule has 1 aromatic carbocycles.